The van der Waals surface area contributed by atoms with Crippen LogP contribution < -0.4 is 10.6 Å². The predicted octanol–water partition coefficient (Wildman–Crippen LogP) is 3.79. The van der Waals surface area contributed by atoms with Gasteiger partial charge in [0.25, 0.3) is 0 Å². The van der Waals surface area contributed by atoms with Gasteiger partial charge in [0.05, 0.1) is 12.5 Å². The third-order valence-corrected chi connectivity index (χ3v) is 5.32. The van der Waals surface area contributed by atoms with Gasteiger partial charge < -0.3 is 10.6 Å². The maximum atomic E-state index is 12.5. The van der Waals surface area contributed by atoms with E-state index in [9.17, 15) is 9.59 Å². The minimum absolute atomic E-state index is 0.0245. The largest absolute Gasteiger partial charge is 0.354 e. The highest BCUT2D eigenvalue weighted by molar-refractivity contribution is 6.31. The number of hydrogen-bond acceptors (Lipinski definition) is 3. The fourth-order valence-corrected chi connectivity index (χ4v) is 3.86. The molecule has 2 amide bonds. The Morgan fingerprint density at radius 1 is 1.07 bits per heavy atom. The SMILES string of the molecule is CC(=O)Nc1ccc(CC(=O)NCC(c2ccccc2Cl)N2CCCC2)cc1. The van der Waals surface area contributed by atoms with Gasteiger partial charge in [-0.3, -0.25) is 14.5 Å². The second-order valence-electron chi connectivity index (χ2n) is 7.14. The Morgan fingerprint density at radius 3 is 2.39 bits per heavy atom. The van der Waals surface area contributed by atoms with Crippen LogP contribution in [0.4, 0.5) is 5.69 Å². The summed E-state index contributed by atoms with van der Waals surface area (Å²) in [4.78, 5) is 26.0. The van der Waals surface area contributed by atoms with Crippen LogP contribution in [-0.2, 0) is 16.0 Å². The predicted molar refractivity (Wildman–Crippen MR) is 112 cm³/mol. The topological polar surface area (TPSA) is 61.4 Å². The molecular formula is C22H26ClN3O2. The number of rotatable bonds is 7. The number of carbonyl (C=O) groups is 2. The molecule has 1 atom stereocenters. The highest BCUT2D eigenvalue weighted by Gasteiger charge is 2.25. The van der Waals surface area contributed by atoms with E-state index in [1.165, 1.54) is 19.8 Å². The molecule has 6 heteroatoms. The molecule has 1 aliphatic heterocycles. The summed E-state index contributed by atoms with van der Waals surface area (Å²) in [7, 11) is 0. The zero-order valence-electron chi connectivity index (χ0n) is 16.1. The van der Waals surface area contributed by atoms with Crippen LogP contribution in [0.5, 0.6) is 0 Å². The van der Waals surface area contributed by atoms with Crippen molar-refractivity contribution in [2.45, 2.75) is 32.2 Å². The molecule has 0 spiro atoms. The van der Waals surface area contributed by atoms with E-state index in [0.717, 1.165) is 34.9 Å². The van der Waals surface area contributed by atoms with Crippen LogP contribution >= 0.6 is 11.6 Å². The molecule has 1 heterocycles. The van der Waals surface area contributed by atoms with Crippen molar-refractivity contribution >= 4 is 29.1 Å². The van der Waals surface area contributed by atoms with E-state index in [4.69, 9.17) is 11.6 Å². The van der Waals surface area contributed by atoms with Crippen molar-refractivity contribution in [1.29, 1.82) is 0 Å². The minimum Gasteiger partial charge on any atom is -0.354 e. The van der Waals surface area contributed by atoms with Gasteiger partial charge in [-0.2, -0.15) is 0 Å². The molecule has 1 aliphatic rings. The fraction of sp³-hybridized carbons (Fsp3) is 0.364. The van der Waals surface area contributed by atoms with Crippen LogP contribution in [-0.4, -0.2) is 36.3 Å². The number of carbonyl (C=O) groups excluding carboxylic acids is 2. The molecule has 0 saturated carbocycles. The summed E-state index contributed by atoms with van der Waals surface area (Å²) in [5.41, 5.74) is 2.69. The Labute approximate surface area is 171 Å². The van der Waals surface area contributed by atoms with Gasteiger partial charge in [-0.15, -0.1) is 0 Å². The average molecular weight is 400 g/mol. The van der Waals surface area contributed by atoms with Crippen molar-refractivity contribution in [3.05, 3.63) is 64.7 Å². The smallest absolute Gasteiger partial charge is 0.224 e. The first kappa shape index (κ1) is 20.4. The first-order chi connectivity index (χ1) is 13.5. The molecule has 1 fully saturated rings. The summed E-state index contributed by atoms with van der Waals surface area (Å²) < 4.78 is 0. The Balaban J connectivity index is 1.60. The van der Waals surface area contributed by atoms with E-state index in [0.29, 0.717) is 13.0 Å². The minimum atomic E-state index is -0.113. The highest BCUT2D eigenvalue weighted by Crippen LogP contribution is 2.29. The zero-order chi connectivity index (χ0) is 19.9. The monoisotopic (exact) mass is 399 g/mol. The number of likely N-dealkylation sites (tertiary alicyclic amines) is 1. The van der Waals surface area contributed by atoms with Crippen LogP contribution in [0.1, 0.15) is 36.9 Å². The van der Waals surface area contributed by atoms with Crippen LogP contribution in [0.3, 0.4) is 0 Å². The summed E-state index contributed by atoms with van der Waals surface area (Å²) >= 11 is 6.42. The van der Waals surface area contributed by atoms with Gasteiger partial charge >= 0.3 is 0 Å². The maximum Gasteiger partial charge on any atom is 0.224 e. The lowest BCUT2D eigenvalue weighted by atomic mass is 10.0. The number of nitrogens with one attached hydrogen (secondary N) is 2. The van der Waals surface area contributed by atoms with Gasteiger partial charge in [0.2, 0.25) is 11.8 Å². The van der Waals surface area contributed by atoms with E-state index in [2.05, 4.69) is 15.5 Å². The summed E-state index contributed by atoms with van der Waals surface area (Å²) in [6, 6.07) is 15.3. The Kier molecular flexibility index (Phi) is 7.06. The molecule has 0 bridgehead atoms. The van der Waals surface area contributed by atoms with Crippen molar-refractivity contribution in [3.8, 4) is 0 Å². The van der Waals surface area contributed by atoms with Crippen LogP contribution in [0.2, 0.25) is 5.02 Å². The molecule has 148 valence electrons. The van der Waals surface area contributed by atoms with Crippen LogP contribution in [0.15, 0.2) is 48.5 Å². The Morgan fingerprint density at radius 2 is 1.75 bits per heavy atom. The van der Waals surface area contributed by atoms with Crippen LogP contribution in [0, 0.1) is 0 Å². The van der Waals surface area contributed by atoms with Crippen LogP contribution in [0.25, 0.3) is 0 Å². The molecule has 2 aromatic rings. The molecule has 1 saturated heterocycles. The second kappa shape index (κ2) is 9.71. The average Bonchev–Trinajstić information content (AvgIpc) is 3.19. The van der Waals surface area contributed by atoms with Crippen molar-refractivity contribution in [2.75, 3.05) is 25.0 Å². The van der Waals surface area contributed by atoms with Gasteiger partial charge in [0.1, 0.15) is 0 Å². The van der Waals surface area contributed by atoms with Gasteiger partial charge in [-0.25, -0.2) is 0 Å². The number of anilines is 1. The molecule has 3 rings (SSSR count). The molecule has 0 aliphatic carbocycles. The van der Waals surface area contributed by atoms with Gasteiger partial charge in [-0.1, -0.05) is 41.9 Å². The number of nitrogens with zero attached hydrogens (tertiary/aromatic N) is 1. The van der Waals surface area contributed by atoms with Crippen molar-refractivity contribution in [1.82, 2.24) is 10.2 Å². The first-order valence-electron chi connectivity index (χ1n) is 9.64. The number of amides is 2. The fourth-order valence-electron chi connectivity index (χ4n) is 3.60. The second-order valence-corrected chi connectivity index (χ2v) is 7.55. The van der Waals surface area contributed by atoms with E-state index in [1.54, 1.807) is 12.1 Å². The van der Waals surface area contributed by atoms with Gasteiger partial charge in [0, 0.05) is 24.2 Å². The maximum absolute atomic E-state index is 12.5. The lowest BCUT2D eigenvalue weighted by molar-refractivity contribution is -0.120. The highest BCUT2D eigenvalue weighted by atomic mass is 35.5. The molecule has 1 unspecified atom stereocenters. The third-order valence-electron chi connectivity index (χ3n) is 4.98. The third kappa shape index (κ3) is 5.57. The zero-order valence-corrected chi connectivity index (χ0v) is 16.8. The van der Waals surface area contributed by atoms with Crippen molar-refractivity contribution in [3.63, 3.8) is 0 Å². The molecule has 0 radical (unpaired) electrons. The van der Waals surface area contributed by atoms with Crippen molar-refractivity contribution < 1.29 is 9.59 Å². The molecule has 2 N–H and O–H groups in total. The van der Waals surface area contributed by atoms with E-state index >= 15 is 0 Å². The summed E-state index contributed by atoms with van der Waals surface area (Å²) in [6.07, 6.45) is 2.65. The Bertz CT molecular complexity index is 817. The molecule has 0 aromatic heterocycles. The number of hydrogen-bond donors (Lipinski definition) is 2. The first-order valence-corrected chi connectivity index (χ1v) is 10.0. The van der Waals surface area contributed by atoms with Gasteiger partial charge in [-0.05, 0) is 55.3 Å². The quantitative estimate of drug-likeness (QED) is 0.744. The van der Waals surface area contributed by atoms with E-state index in [-0.39, 0.29) is 17.9 Å². The standard InChI is InChI=1S/C22H26ClN3O2/c1-16(27)25-18-10-8-17(9-11-18)14-22(28)24-15-21(26-12-4-5-13-26)19-6-2-3-7-20(19)23/h2-3,6-11,21H,4-5,12-15H2,1H3,(H,24,28)(H,25,27). The molecule has 5 nitrogen and oxygen atoms in total. The molecule has 28 heavy (non-hydrogen) atoms. The lowest BCUT2D eigenvalue weighted by Gasteiger charge is -2.29. The number of halogens is 1. The Hall–Kier alpha value is -2.37. The van der Waals surface area contributed by atoms with E-state index < -0.39 is 0 Å². The molecular weight excluding hydrogens is 374 g/mol. The number of benzene rings is 2. The summed E-state index contributed by atoms with van der Waals surface area (Å²) in [5, 5.41) is 6.53. The summed E-state index contributed by atoms with van der Waals surface area (Å²) in [6.45, 7) is 4.05. The van der Waals surface area contributed by atoms with Gasteiger partial charge in [0.15, 0.2) is 0 Å². The van der Waals surface area contributed by atoms with Crippen molar-refractivity contribution in [2.24, 2.45) is 0 Å². The summed E-state index contributed by atoms with van der Waals surface area (Å²) in [5.74, 6) is -0.137. The lowest BCUT2D eigenvalue weighted by Crippen LogP contribution is -2.37. The normalized spacial score (nSPS) is 15.2. The van der Waals surface area contributed by atoms with E-state index in [1.807, 2.05) is 36.4 Å². The molecule has 2 aromatic carbocycles.